The van der Waals surface area contributed by atoms with Crippen LogP contribution in [-0.4, -0.2) is 23.1 Å². The standard InChI is InChI=1S/C9H14O4/c10-8(11)9(12)13-7-5-3-1-2-4-6-7/h7H,1-6H2,(H,10,11). The average Bonchev–Trinajstić information content (AvgIpc) is 2.32. The van der Waals surface area contributed by atoms with E-state index in [1.165, 1.54) is 0 Å². The fourth-order valence-corrected chi connectivity index (χ4v) is 1.56. The first kappa shape index (κ1) is 10.0. The summed E-state index contributed by atoms with van der Waals surface area (Å²) in [6, 6.07) is 0. The predicted molar refractivity (Wildman–Crippen MR) is 45.2 cm³/mol. The van der Waals surface area contributed by atoms with Crippen LogP contribution in [0.4, 0.5) is 0 Å². The van der Waals surface area contributed by atoms with E-state index in [1.807, 2.05) is 0 Å². The lowest BCUT2D eigenvalue weighted by Gasteiger charge is -2.12. The van der Waals surface area contributed by atoms with E-state index in [1.54, 1.807) is 0 Å². The van der Waals surface area contributed by atoms with E-state index < -0.39 is 11.9 Å². The van der Waals surface area contributed by atoms with Gasteiger partial charge in [-0.2, -0.15) is 0 Å². The van der Waals surface area contributed by atoms with Gasteiger partial charge in [0.1, 0.15) is 6.10 Å². The van der Waals surface area contributed by atoms with Crippen molar-refractivity contribution in [3.8, 4) is 0 Å². The van der Waals surface area contributed by atoms with Crippen LogP contribution in [-0.2, 0) is 14.3 Å². The van der Waals surface area contributed by atoms with Gasteiger partial charge in [-0.15, -0.1) is 0 Å². The lowest BCUT2D eigenvalue weighted by atomic mass is 10.1. The highest BCUT2D eigenvalue weighted by Crippen LogP contribution is 2.19. The van der Waals surface area contributed by atoms with Crippen LogP contribution in [0.3, 0.4) is 0 Å². The number of hydrogen-bond donors (Lipinski definition) is 1. The number of rotatable bonds is 1. The Morgan fingerprint density at radius 3 is 2.08 bits per heavy atom. The minimum Gasteiger partial charge on any atom is -0.473 e. The molecule has 0 spiro atoms. The van der Waals surface area contributed by atoms with Gasteiger partial charge in [-0.1, -0.05) is 12.8 Å². The summed E-state index contributed by atoms with van der Waals surface area (Å²) in [6.07, 6.45) is 5.79. The molecule has 4 nitrogen and oxygen atoms in total. The highest BCUT2D eigenvalue weighted by Gasteiger charge is 2.20. The van der Waals surface area contributed by atoms with Crippen LogP contribution >= 0.6 is 0 Å². The summed E-state index contributed by atoms with van der Waals surface area (Å²) >= 11 is 0. The summed E-state index contributed by atoms with van der Waals surface area (Å²) in [5, 5.41) is 8.31. The second-order valence-electron chi connectivity index (χ2n) is 3.32. The van der Waals surface area contributed by atoms with Crippen molar-refractivity contribution < 1.29 is 19.4 Å². The molecule has 0 aromatic rings. The monoisotopic (exact) mass is 186 g/mol. The minimum atomic E-state index is -1.50. The number of carboxylic acid groups (broad SMARTS) is 1. The summed E-state index contributed by atoms with van der Waals surface area (Å²) < 4.78 is 4.79. The van der Waals surface area contributed by atoms with Crippen LogP contribution in [0.15, 0.2) is 0 Å². The van der Waals surface area contributed by atoms with Gasteiger partial charge in [0.15, 0.2) is 0 Å². The Balaban J connectivity index is 2.33. The topological polar surface area (TPSA) is 63.6 Å². The molecule has 1 aliphatic rings. The van der Waals surface area contributed by atoms with Gasteiger partial charge in [-0.3, -0.25) is 0 Å². The molecule has 0 unspecified atom stereocenters. The van der Waals surface area contributed by atoms with Crippen LogP contribution in [0.25, 0.3) is 0 Å². The maximum atomic E-state index is 10.7. The fraction of sp³-hybridized carbons (Fsp3) is 0.778. The maximum Gasteiger partial charge on any atom is 0.417 e. The number of carbonyl (C=O) groups is 2. The lowest BCUT2D eigenvalue weighted by Crippen LogP contribution is -2.23. The summed E-state index contributed by atoms with van der Waals surface area (Å²) in [7, 11) is 0. The van der Waals surface area contributed by atoms with Crippen molar-refractivity contribution in [1.82, 2.24) is 0 Å². The molecule has 0 saturated heterocycles. The molecule has 74 valence electrons. The molecular formula is C9H14O4. The number of carbonyl (C=O) groups excluding carboxylic acids is 1. The van der Waals surface area contributed by atoms with Crippen LogP contribution < -0.4 is 0 Å². The second-order valence-corrected chi connectivity index (χ2v) is 3.32. The van der Waals surface area contributed by atoms with Gasteiger partial charge in [0.2, 0.25) is 0 Å². The second kappa shape index (κ2) is 4.84. The molecule has 0 atom stereocenters. The fourth-order valence-electron chi connectivity index (χ4n) is 1.56. The molecule has 0 aromatic carbocycles. The molecule has 0 aliphatic heterocycles. The Hall–Kier alpha value is -1.06. The van der Waals surface area contributed by atoms with Crippen molar-refractivity contribution in [2.45, 2.75) is 44.6 Å². The first-order chi connectivity index (χ1) is 6.20. The van der Waals surface area contributed by atoms with Crippen LogP contribution in [0.1, 0.15) is 38.5 Å². The predicted octanol–water partition coefficient (Wildman–Crippen LogP) is 1.34. The molecule has 1 rings (SSSR count). The Labute approximate surface area is 76.9 Å². The molecule has 1 fully saturated rings. The molecule has 0 aromatic heterocycles. The van der Waals surface area contributed by atoms with Gasteiger partial charge in [-0.25, -0.2) is 9.59 Å². The van der Waals surface area contributed by atoms with Gasteiger partial charge in [0, 0.05) is 0 Å². The van der Waals surface area contributed by atoms with E-state index in [0.29, 0.717) is 0 Å². The average molecular weight is 186 g/mol. The number of carboxylic acids is 1. The molecule has 1 aliphatic carbocycles. The molecule has 1 saturated carbocycles. The Bertz CT molecular complexity index is 192. The van der Waals surface area contributed by atoms with Crippen LogP contribution in [0.5, 0.6) is 0 Å². The Morgan fingerprint density at radius 2 is 1.62 bits per heavy atom. The quantitative estimate of drug-likeness (QED) is 0.381. The summed E-state index contributed by atoms with van der Waals surface area (Å²) in [5.41, 5.74) is 0. The van der Waals surface area contributed by atoms with Gasteiger partial charge >= 0.3 is 11.9 Å². The Kier molecular flexibility index (Phi) is 3.73. The van der Waals surface area contributed by atoms with Gasteiger partial charge in [0.05, 0.1) is 0 Å². The molecule has 0 radical (unpaired) electrons. The maximum absolute atomic E-state index is 10.7. The zero-order valence-corrected chi connectivity index (χ0v) is 7.49. The first-order valence-electron chi connectivity index (χ1n) is 4.64. The number of ether oxygens (including phenoxy) is 1. The van der Waals surface area contributed by atoms with Crippen molar-refractivity contribution in [3.05, 3.63) is 0 Å². The van der Waals surface area contributed by atoms with Gasteiger partial charge in [-0.05, 0) is 25.7 Å². The third kappa shape index (κ3) is 3.44. The number of esters is 1. The van der Waals surface area contributed by atoms with Crippen molar-refractivity contribution in [1.29, 1.82) is 0 Å². The SMILES string of the molecule is O=C(O)C(=O)OC1CCCCCC1. The van der Waals surface area contributed by atoms with Crippen LogP contribution in [0.2, 0.25) is 0 Å². The largest absolute Gasteiger partial charge is 0.473 e. The Morgan fingerprint density at radius 1 is 1.08 bits per heavy atom. The normalized spacial score (nSPS) is 19.1. The smallest absolute Gasteiger partial charge is 0.417 e. The zero-order valence-electron chi connectivity index (χ0n) is 7.49. The molecule has 0 heterocycles. The molecule has 1 N–H and O–H groups in total. The molecule has 13 heavy (non-hydrogen) atoms. The molecule has 4 heteroatoms. The van der Waals surface area contributed by atoms with E-state index in [9.17, 15) is 9.59 Å². The molecule has 0 amide bonds. The lowest BCUT2D eigenvalue weighted by molar-refractivity contribution is -0.167. The van der Waals surface area contributed by atoms with E-state index >= 15 is 0 Å². The highest BCUT2D eigenvalue weighted by atomic mass is 16.6. The first-order valence-corrected chi connectivity index (χ1v) is 4.64. The zero-order chi connectivity index (χ0) is 9.68. The molecular weight excluding hydrogens is 172 g/mol. The van der Waals surface area contributed by atoms with Crippen molar-refractivity contribution in [3.63, 3.8) is 0 Å². The van der Waals surface area contributed by atoms with E-state index in [-0.39, 0.29) is 6.10 Å². The van der Waals surface area contributed by atoms with Crippen molar-refractivity contribution in [2.75, 3.05) is 0 Å². The van der Waals surface area contributed by atoms with Crippen molar-refractivity contribution >= 4 is 11.9 Å². The van der Waals surface area contributed by atoms with E-state index in [2.05, 4.69) is 0 Å². The van der Waals surface area contributed by atoms with E-state index in [0.717, 1.165) is 38.5 Å². The minimum absolute atomic E-state index is 0.175. The summed E-state index contributed by atoms with van der Waals surface area (Å²) in [5.74, 6) is -2.61. The summed E-state index contributed by atoms with van der Waals surface area (Å²) in [4.78, 5) is 20.9. The van der Waals surface area contributed by atoms with Crippen molar-refractivity contribution in [2.24, 2.45) is 0 Å². The van der Waals surface area contributed by atoms with Gasteiger partial charge < -0.3 is 9.84 Å². The third-order valence-corrected chi connectivity index (χ3v) is 2.25. The number of aliphatic carboxylic acids is 1. The third-order valence-electron chi connectivity index (χ3n) is 2.25. The summed E-state index contributed by atoms with van der Waals surface area (Å²) in [6.45, 7) is 0. The van der Waals surface area contributed by atoms with Gasteiger partial charge in [0.25, 0.3) is 0 Å². The van der Waals surface area contributed by atoms with Crippen LogP contribution in [0, 0.1) is 0 Å². The molecule has 0 bridgehead atoms. The number of hydrogen-bond acceptors (Lipinski definition) is 3. The van der Waals surface area contributed by atoms with E-state index in [4.69, 9.17) is 9.84 Å². The highest BCUT2D eigenvalue weighted by molar-refractivity contribution is 6.28.